The summed E-state index contributed by atoms with van der Waals surface area (Å²) < 4.78 is 1.80. The molecule has 4 rings (SSSR count). The lowest BCUT2D eigenvalue weighted by atomic mass is 9.89. The molecule has 0 atom stereocenters. The first kappa shape index (κ1) is 15.3. The predicted octanol–water partition coefficient (Wildman–Crippen LogP) is 3.83. The first-order valence-corrected chi connectivity index (χ1v) is 8.75. The molecule has 1 N–H and O–H groups in total. The summed E-state index contributed by atoms with van der Waals surface area (Å²) in [5.74, 6) is 1.34. The van der Waals surface area contributed by atoms with Gasteiger partial charge in [-0.15, -0.1) is 10.2 Å². The molecule has 0 amide bonds. The molecule has 0 unspecified atom stereocenters. The molecule has 1 saturated carbocycles. The normalized spacial score (nSPS) is 15.7. The van der Waals surface area contributed by atoms with Gasteiger partial charge in [0.05, 0.1) is 17.9 Å². The lowest BCUT2D eigenvalue weighted by Crippen LogP contribution is -2.11. The van der Waals surface area contributed by atoms with Crippen molar-refractivity contribution in [3.8, 4) is 0 Å². The third kappa shape index (κ3) is 3.06. The number of anilines is 1. The molecule has 0 aliphatic heterocycles. The fourth-order valence-corrected chi connectivity index (χ4v) is 3.49. The Morgan fingerprint density at radius 1 is 1.17 bits per heavy atom. The molecule has 124 valence electrons. The molecule has 7 heteroatoms. The van der Waals surface area contributed by atoms with E-state index in [1.165, 1.54) is 19.3 Å². The zero-order chi connectivity index (χ0) is 16.4. The molecule has 0 saturated heterocycles. The third-order valence-electron chi connectivity index (χ3n) is 4.52. The average Bonchev–Trinajstić information content (AvgIpc) is 3.05. The molecule has 0 aromatic carbocycles. The van der Waals surface area contributed by atoms with Crippen molar-refractivity contribution in [2.75, 3.05) is 5.32 Å². The van der Waals surface area contributed by atoms with Crippen molar-refractivity contribution in [2.24, 2.45) is 0 Å². The summed E-state index contributed by atoms with van der Waals surface area (Å²) in [4.78, 5) is 4.32. The van der Waals surface area contributed by atoms with Crippen molar-refractivity contribution in [3.63, 3.8) is 0 Å². The van der Waals surface area contributed by atoms with E-state index >= 15 is 0 Å². The van der Waals surface area contributed by atoms with Crippen LogP contribution in [0.5, 0.6) is 0 Å². The summed E-state index contributed by atoms with van der Waals surface area (Å²) in [6, 6.07) is 7.64. The zero-order valence-corrected chi connectivity index (χ0v) is 14.1. The topological polar surface area (TPSA) is 68.0 Å². The Kier molecular flexibility index (Phi) is 4.30. The maximum absolute atomic E-state index is 6.23. The minimum absolute atomic E-state index is 0.420. The van der Waals surface area contributed by atoms with Crippen LogP contribution in [0.15, 0.2) is 30.5 Å². The van der Waals surface area contributed by atoms with E-state index in [9.17, 15) is 0 Å². The largest absolute Gasteiger partial charge is 0.376 e. The standard InChI is InChI=1S/C17H19ClN6/c18-15-10-14(20-11-13-8-4-5-9-19-13)17-22-21-16(24(17)23-15)12-6-2-1-3-7-12/h4-5,8-10,12,20H,1-3,6-7,11H2. The fraction of sp³-hybridized carbons (Fsp3) is 0.412. The summed E-state index contributed by atoms with van der Waals surface area (Å²) in [5.41, 5.74) is 2.50. The van der Waals surface area contributed by atoms with Crippen LogP contribution in [0.4, 0.5) is 5.69 Å². The van der Waals surface area contributed by atoms with E-state index in [1.807, 2.05) is 18.2 Å². The summed E-state index contributed by atoms with van der Waals surface area (Å²) in [7, 11) is 0. The van der Waals surface area contributed by atoms with Crippen molar-refractivity contribution in [1.82, 2.24) is 24.8 Å². The molecule has 1 fully saturated rings. The van der Waals surface area contributed by atoms with Crippen LogP contribution in [-0.2, 0) is 6.54 Å². The molecule has 1 aliphatic carbocycles. The highest BCUT2D eigenvalue weighted by Crippen LogP contribution is 2.32. The second-order valence-corrected chi connectivity index (χ2v) is 6.57. The van der Waals surface area contributed by atoms with Gasteiger partial charge in [0.1, 0.15) is 0 Å². The molecular weight excluding hydrogens is 324 g/mol. The average molecular weight is 343 g/mol. The third-order valence-corrected chi connectivity index (χ3v) is 4.71. The van der Waals surface area contributed by atoms with Crippen molar-refractivity contribution in [1.29, 1.82) is 0 Å². The van der Waals surface area contributed by atoms with E-state index in [4.69, 9.17) is 11.6 Å². The van der Waals surface area contributed by atoms with Gasteiger partial charge in [0.15, 0.2) is 11.0 Å². The van der Waals surface area contributed by atoms with Crippen molar-refractivity contribution >= 4 is 22.9 Å². The number of halogens is 1. The fourth-order valence-electron chi connectivity index (χ4n) is 3.30. The van der Waals surface area contributed by atoms with E-state index in [0.29, 0.717) is 17.6 Å². The lowest BCUT2D eigenvalue weighted by Gasteiger charge is -2.19. The molecule has 0 spiro atoms. The maximum atomic E-state index is 6.23. The van der Waals surface area contributed by atoms with Gasteiger partial charge < -0.3 is 5.32 Å². The van der Waals surface area contributed by atoms with Crippen LogP contribution in [0.25, 0.3) is 5.65 Å². The molecule has 0 bridgehead atoms. The highest BCUT2D eigenvalue weighted by molar-refractivity contribution is 6.29. The van der Waals surface area contributed by atoms with E-state index in [0.717, 1.165) is 35.7 Å². The second-order valence-electron chi connectivity index (χ2n) is 6.18. The van der Waals surface area contributed by atoms with E-state index in [1.54, 1.807) is 16.8 Å². The van der Waals surface area contributed by atoms with Gasteiger partial charge in [-0.05, 0) is 25.0 Å². The molecule has 1 aliphatic rings. The summed E-state index contributed by atoms with van der Waals surface area (Å²) in [5, 5.41) is 17.0. The number of nitrogens with zero attached hydrogens (tertiary/aromatic N) is 5. The van der Waals surface area contributed by atoms with Crippen LogP contribution in [-0.4, -0.2) is 24.8 Å². The highest BCUT2D eigenvalue weighted by atomic mass is 35.5. The second kappa shape index (κ2) is 6.73. The van der Waals surface area contributed by atoms with Crippen LogP contribution in [0.3, 0.4) is 0 Å². The van der Waals surface area contributed by atoms with Crippen LogP contribution in [0.1, 0.15) is 49.5 Å². The number of nitrogens with one attached hydrogen (secondary N) is 1. The summed E-state index contributed by atoms with van der Waals surface area (Å²) in [6.07, 6.45) is 7.86. The SMILES string of the molecule is Clc1cc(NCc2ccccn2)c2nnc(C3CCCCC3)n2n1. The summed E-state index contributed by atoms with van der Waals surface area (Å²) >= 11 is 6.23. The Morgan fingerprint density at radius 2 is 2.04 bits per heavy atom. The molecule has 3 aromatic heterocycles. The minimum atomic E-state index is 0.420. The summed E-state index contributed by atoms with van der Waals surface area (Å²) in [6.45, 7) is 0.600. The van der Waals surface area contributed by atoms with Gasteiger partial charge in [-0.1, -0.05) is 36.9 Å². The Labute approximate surface area is 145 Å². The van der Waals surface area contributed by atoms with Crippen molar-refractivity contribution < 1.29 is 0 Å². The van der Waals surface area contributed by atoms with E-state index in [-0.39, 0.29) is 0 Å². The smallest absolute Gasteiger partial charge is 0.201 e. The van der Waals surface area contributed by atoms with Gasteiger partial charge in [0, 0.05) is 18.2 Å². The van der Waals surface area contributed by atoms with Gasteiger partial charge in [-0.2, -0.15) is 9.61 Å². The maximum Gasteiger partial charge on any atom is 0.201 e. The Morgan fingerprint density at radius 3 is 2.83 bits per heavy atom. The molecule has 0 radical (unpaired) electrons. The van der Waals surface area contributed by atoms with Gasteiger partial charge in [-0.25, -0.2) is 0 Å². The van der Waals surface area contributed by atoms with Gasteiger partial charge in [-0.3, -0.25) is 4.98 Å². The Balaban J connectivity index is 1.64. The highest BCUT2D eigenvalue weighted by Gasteiger charge is 2.22. The van der Waals surface area contributed by atoms with E-state index in [2.05, 4.69) is 25.6 Å². The number of rotatable bonds is 4. The van der Waals surface area contributed by atoms with Gasteiger partial charge in [0.25, 0.3) is 0 Å². The minimum Gasteiger partial charge on any atom is -0.376 e. The van der Waals surface area contributed by atoms with E-state index < -0.39 is 0 Å². The van der Waals surface area contributed by atoms with Gasteiger partial charge >= 0.3 is 0 Å². The molecule has 3 heterocycles. The quantitative estimate of drug-likeness (QED) is 0.780. The first-order chi connectivity index (χ1) is 11.8. The number of pyridine rings is 1. The molecular formula is C17H19ClN6. The lowest BCUT2D eigenvalue weighted by molar-refractivity contribution is 0.423. The number of hydrogen-bond acceptors (Lipinski definition) is 5. The first-order valence-electron chi connectivity index (χ1n) is 8.37. The Bertz CT molecular complexity index is 826. The molecule has 3 aromatic rings. The van der Waals surface area contributed by atoms with Crippen LogP contribution in [0, 0.1) is 0 Å². The van der Waals surface area contributed by atoms with Crippen LogP contribution >= 0.6 is 11.6 Å². The monoisotopic (exact) mass is 342 g/mol. The van der Waals surface area contributed by atoms with Crippen LogP contribution < -0.4 is 5.32 Å². The van der Waals surface area contributed by atoms with Crippen molar-refractivity contribution in [2.45, 2.75) is 44.6 Å². The zero-order valence-electron chi connectivity index (χ0n) is 13.3. The number of aromatic nitrogens is 5. The number of fused-ring (bicyclic) bond motifs is 1. The predicted molar refractivity (Wildman–Crippen MR) is 93.2 cm³/mol. The molecule has 6 nitrogen and oxygen atoms in total. The van der Waals surface area contributed by atoms with Crippen LogP contribution in [0.2, 0.25) is 5.15 Å². The molecule has 24 heavy (non-hydrogen) atoms. The Hall–Kier alpha value is -2.21. The van der Waals surface area contributed by atoms with Gasteiger partial charge in [0.2, 0.25) is 5.65 Å². The number of hydrogen-bond donors (Lipinski definition) is 1. The van der Waals surface area contributed by atoms with Crippen molar-refractivity contribution in [3.05, 3.63) is 47.1 Å².